The SMILES string of the molecule is CCOc1ccc(C2CCNC2)cc1F. The first-order valence-corrected chi connectivity index (χ1v) is 5.44. The predicted molar refractivity (Wildman–Crippen MR) is 57.8 cm³/mol. The molecule has 1 unspecified atom stereocenters. The Kier molecular flexibility index (Phi) is 3.21. The van der Waals surface area contributed by atoms with Gasteiger partial charge in [0.2, 0.25) is 0 Å². The molecule has 3 heteroatoms. The Balaban J connectivity index is 2.16. The first-order chi connectivity index (χ1) is 7.31. The van der Waals surface area contributed by atoms with Crippen LogP contribution in [0.5, 0.6) is 5.75 Å². The zero-order valence-corrected chi connectivity index (χ0v) is 8.92. The van der Waals surface area contributed by atoms with Crippen LogP contribution in [0.2, 0.25) is 0 Å². The monoisotopic (exact) mass is 209 g/mol. The van der Waals surface area contributed by atoms with Crippen molar-refractivity contribution in [2.75, 3.05) is 19.7 Å². The van der Waals surface area contributed by atoms with E-state index in [1.165, 1.54) is 0 Å². The second-order valence-corrected chi connectivity index (χ2v) is 3.81. The molecule has 0 aromatic heterocycles. The van der Waals surface area contributed by atoms with Crippen molar-refractivity contribution >= 4 is 0 Å². The molecule has 2 rings (SSSR count). The molecule has 1 saturated heterocycles. The maximum Gasteiger partial charge on any atom is 0.165 e. The Bertz CT molecular complexity index is 334. The van der Waals surface area contributed by atoms with E-state index < -0.39 is 0 Å². The molecule has 0 saturated carbocycles. The molecule has 1 fully saturated rings. The van der Waals surface area contributed by atoms with Gasteiger partial charge in [-0.1, -0.05) is 6.07 Å². The molecule has 1 aromatic rings. The highest BCUT2D eigenvalue weighted by Crippen LogP contribution is 2.26. The Morgan fingerprint density at radius 2 is 2.40 bits per heavy atom. The molecule has 1 aliphatic rings. The number of ether oxygens (including phenoxy) is 1. The maximum absolute atomic E-state index is 13.5. The largest absolute Gasteiger partial charge is 0.491 e. The van der Waals surface area contributed by atoms with Crippen molar-refractivity contribution in [1.29, 1.82) is 0 Å². The van der Waals surface area contributed by atoms with E-state index >= 15 is 0 Å². The zero-order chi connectivity index (χ0) is 10.7. The Hall–Kier alpha value is -1.09. The Labute approximate surface area is 89.4 Å². The third-order valence-electron chi connectivity index (χ3n) is 2.79. The van der Waals surface area contributed by atoms with Crippen LogP contribution in [0.3, 0.4) is 0 Å². The van der Waals surface area contributed by atoms with Gasteiger partial charge in [0.05, 0.1) is 6.61 Å². The van der Waals surface area contributed by atoms with Gasteiger partial charge in [-0.15, -0.1) is 0 Å². The lowest BCUT2D eigenvalue weighted by Gasteiger charge is -2.11. The van der Waals surface area contributed by atoms with Crippen LogP contribution in [0.15, 0.2) is 18.2 Å². The van der Waals surface area contributed by atoms with Crippen molar-refractivity contribution in [1.82, 2.24) is 5.32 Å². The van der Waals surface area contributed by atoms with E-state index in [4.69, 9.17) is 4.74 Å². The average Bonchev–Trinajstić information content (AvgIpc) is 2.74. The molecular formula is C12H16FNO. The molecule has 82 valence electrons. The highest BCUT2D eigenvalue weighted by Gasteiger charge is 2.17. The summed E-state index contributed by atoms with van der Waals surface area (Å²) >= 11 is 0. The van der Waals surface area contributed by atoms with Crippen molar-refractivity contribution in [3.8, 4) is 5.75 Å². The van der Waals surface area contributed by atoms with Crippen LogP contribution in [-0.4, -0.2) is 19.7 Å². The lowest BCUT2D eigenvalue weighted by molar-refractivity contribution is 0.321. The molecule has 1 N–H and O–H groups in total. The number of halogens is 1. The van der Waals surface area contributed by atoms with Crippen molar-refractivity contribution in [3.63, 3.8) is 0 Å². The van der Waals surface area contributed by atoms with Crippen LogP contribution < -0.4 is 10.1 Å². The third-order valence-corrected chi connectivity index (χ3v) is 2.79. The fourth-order valence-electron chi connectivity index (χ4n) is 1.98. The number of nitrogens with one attached hydrogen (secondary N) is 1. The van der Waals surface area contributed by atoms with Crippen molar-refractivity contribution < 1.29 is 9.13 Å². The van der Waals surface area contributed by atoms with Crippen molar-refractivity contribution in [2.24, 2.45) is 0 Å². The number of hydrogen-bond donors (Lipinski definition) is 1. The molecule has 1 heterocycles. The highest BCUT2D eigenvalue weighted by atomic mass is 19.1. The minimum atomic E-state index is -0.249. The quantitative estimate of drug-likeness (QED) is 0.824. The molecule has 0 bridgehead atoms. The predicted octanol–water partition coefficient (Wildman–Crippen LogP) is 2.30. The maximum atomic E-state index is 13.5. The second-order valence-electron chi connectivity index (χ2n) is 3.81. The average molecular weight is 209 g/mol. The second kappa shape index (κ2) is 4.62. The van der Waals surface area contributed by atoms with Crippen LogP contribution >= 0.6 is 0 Å². The van der Waals surface area contributed by atoms with Crippen LogP contribution in [-0.2, 0) is 0 Å². The van der Waals surface area contributed by atoms with E-state index in [2.05, 4.69) is 5.32 Å². The van der Waals surface area contributed by atoms with E-state index in [0.717, 1.165) is 25.1 Å². The zero-order valence-electron chi connectivity index (χ0n) is 8.92. The van der Waals surface area contributed by atoms with Crippen LogP contribution in [0.4, 0.5) is 4.39 Å². The minimum Gasteiger partial charge on any atom is -0.491 e. The van der Waals surface area contributed by atoms with Gasteiger partial charge in [0.15, 0.2) is 11.6 Å². The third kappa shape index (κ3) is 2.29. The summed E-state index contributed by atoms with van der Waals surface area (Å²) in [6.45, 7) is 4.34. The fourth-order valence-corrected chi connectivity index (χ4v) is 1.98. The first-order valence-electron chi connectivity index (χ1n) is 5.44. The lowest BCUT2D eigenvalue weighted by atomic mass is 9.98. The van der Waals surface area contributed by atoms with Crippen LogP contribution in [0.25, 0.3) is 0 Å². The standard InChI is InChI=1S/C12H16FNO/c1-2-15-12-4-3-9(7-11(12)13)10-5-6-14-8-10/h3-4,7,10,14H,2,5-6,8H2,1H3. The fraction of sp³-hybridized carbons (Fsp3) is 0.500. The van der Waals surface area contributed by atoms with E-state index in [1.807, 2.05) is 13.0 Å². The molecule has 1 aliphatic heterocycles. The number of rotatable bonds is 3. The molecule has 1 atom stereocenters. The Morgan fingerprint density at radius 1 is 1.53 bits per heavy atom. The summed E-state index contributed by atoms with van der Waals surface area (Å²) in [6, 6.07) is 5.29. The molecule has 1 aromatic carbocycles. The van der Waals surface area contributed by atoms with Gasteiger partial charge < -0.3 is 10.1 Å². The minimum absolute atomic E-state index is 0.249. The normalized spacial score (nSPS) is 20.5. The number of benzene rings is 1. The summed E-state index contributed by atoms with van der Waals surface area (Å²) in [6.07, 6.45) is 1.09. The summed E-state index contributed by atoms with van der Waals surface area (Å²) in [5.74, 6) is 0.559. The lowest BCUT2D eigenvalue weighted by Crippen LogP contribution is -2.08. The van der Waals surface area contributed by atoms with E-state index in [1.54, 1.807) is 12.1 Å². The van der Waals surface area contributed by atoms with Gasteiger partial charge in [-0.3, -0.25) is 0 Å². The molecule has 2 nitrogen and oxygen atoms in total. The van der Waals surface area contributed by atoms with Gasteiger partial charge in [0.25, 0.3) is 0 Å². The summed E-state index contributed by atoms with van der Waals surface area (Å²) < 4.78 is 18.7. The molecule has 0 amide bonds. The van der Waals surface area contributed by atoms with Gasteiger partial charge in [-0.05, 0) is 43.5 Å². The summed E-state index contributed by atoms with van der Waals surface area (Å²) in [5.41, 5.74) is 1.07. The molecular weight excluding hydrogens is 193 g/mol. The van der Waals surface area contributed by atoms with Gasteiger partial charge in [0, 0.05) is 6.54 Å². The molecule has 0 spiro atoms. The summed E-state index contributed by atoms with van der Waals surface area (Å²) in [5, 5.41) is 3.28. The van der Waals surface area contributed by atoms with Crippen molar-refractivity contribution in [2.45, 2.75) is 19.3 Å². The van der Waals surface area contributed by atoms with E-state index in [9.17, 15) is 4.39 Å². The number of hydrogen-bond acceptors (Lipinski definition) is 2. The molecule has 0 aliphatic carbocycles. The van der Waals surface area contributed by atoms with Crippen molar-refractivity contribution in [3.05, 3.63) is 29.6 Å². The smallest absolute Gasteiger partial charge is 0.165 e. The highest BCUT2D eigenvalue weighted by molar-refractivity contribution is 5.32. The van der Waals surface area contributed by atoms with E-state index in [0.29, 0.717) is 18.3 Å². The van der Waals surface area contributed by atoms with Gasteiger partial charge in [0.1, 0.15) is 0 Å². The van der Waals surface area contributed by atoms with E-state index in [-0.39, 0.29) is 5.82 Å². The summed E-state index contributed by atoms with van der Waals surface area (Å²) in [7, 11) is 0. The van der Waals surface area contributed by atoms with Crippen LogP contribution in [0, 0.1) is 5.82 Å². The van der Waals surface area contributed by atoms with Gasteiger partial charge in [-0.25, -0.2) is 4.39 Å². The topological polar surface area (TPSA) is 21.3 Å². The van der Waals surface area contributed by atoms with Gasteiger partial charge in [-0.2, -0.15) is 0 Å². The van der Waals surface area contributed by atoms with Gasteiger partial charge >= 0.3 is 0 Å². The summed E-state index contributed by atoms with van der Waals surface area (Å²) in [4.78, 5) is 0. The molecule has 15 heavy (non-hydrogen) atoms. The first kappa shape index (κ1) is 10.4. The van der Waals surface area contributed by atoms with Crippen LogP contribution in [0.1, 0.15) is 24.8 Å². The molecule has 0 radical (unpaired) electrons. The Morgan fingerprint density at radius 3 is 3.00 bits per heavy atom.